The predicted molar refractivity (Wildman–Crippen MR) is 137 cm³/mol. The standard InChI is InChI=1S/C27H28N6O3/c28-18-23-25-24(30-15-6-7-16-30)10-4-5-17-31(25)27(34)32(21-8-2-1-3-9-21)26(23)29-19-20-11-13-22(14-12-20)33(35)36/h1-3,8-9,11-14,19,24-25H,4-7,10,15-17H2/b29-19+. The number of fused-ring (bicyclic) bond motifs is 1. The van der Waals surface area contributed by atoms with Crippen molar-refractivity contribution in [2.75, 3.05) is 24.5 Å². The van der Waals surface area contributed by atoms with Gasteiger partial charge in [-0.1, -0.05) is 24.6 Å². The molecule has 2 saturated heterocycles. The lowest BCUT2D eigenvalue weighted by Crippen LogP contribution is -2.59. The maximum atomic E-state index is 14.0. The number of para-hydroxylation sites is 1. The van der Waals surface area contributed by atoms with Crippen molar-refractivity contribution < 1.29 is 9.72 Å². The average molecular weight is 485 g/mol. The highest BCUT2D eigenvalue weighted by atomic mass is 16.6. The fourth-order valence-corrected chi connectivity index (χ4v) is 5.50. The van der Waals surface area contributed by atoms with Gasteiger partial charge >= 0.3 is 6.03 Å². The van der Waals surface area contributed by atoms with Gasteiger partial charge in [0, 0.05) is 30.9 Å². The number of rotatable bonds is 5. The molecule has 0 aliphatic carbocycles. The number of amides is 2. The van der Waals surface area contributed by atoms with E-state index in [-0.39, 0.29) is 23.8 Å². The van der Waals surface area contributed by atoms with Crippen molar-refractivity contribution >= 4 is 23.6 Å². The molecule has 0 spiro atoms. The van der Waals surface area contributed by atoms with Crippen molar-refractivity contribution in [2.45, 2.75) is 44.2 Å². The van der Waals surface area contributed by atoms with Gasteiger partial charge < -0.3 is 4.90 Å². The molecule has 184 valence electrons. The number of urea groups is 1. The lowest BCUT2D eigenvalue weighted by molar-refractivity contribution is -0.384. The largest absolute Gasteiger partial charge is 0.330 e. The molecule has 3 aliphatic rings. The molecule has 9 nitrogen and oxygen atoms in total. The Hall–Kier alpha value is -4.03. The molecule has 0 N–H and O–H groups in total. The molecular formula is C27H28N6O3. The summed E-state index contributed by atoms with van der Waals surface area (Å²) >= 11 is 0. The van der Waals surface area contributed by atoms with Crippen LogP contribution in [0.2, 0.25) is 0 Å². The summed E-state index contributed by atoms with van der Waals surface area (Å²) in [6.45, 7) is 2.55. The average Bonchev–Trinajstić information content (AvgIpc) is 3.35. The first-order valence-corrected chi connectivity index (χ1v) is 12.4. The molecule has 3 heterocycles. The zero-order chi connectivity index (χ0) is 25.1. The highest BCUT2D eigenvalue weighted by Crippen LogP contribution is 2.37. The van der Waals surface area contributed by atoms with Crippen LogP contribution in [0.1, 0.15) is 37.7 Å². The van der Waals surface area contributed by atoms with E-state index in [9.17, 15) is 20.2 Å². The highest BCUT2D eigenvalue weighted by Gasteiger charge is 2.46. The van der Waals surface area contributed by atoms with Gasteiger partial charge in [0.25, 0.3) is 5.69 Å². The summed E-state index contributed by atoms with van der Waals surface area (Å²) in [5.41, 5.74) is 1.76. The number of carbonyl (C=O) groups is 1. The summed E-state index contributed by atoms with van der Waals surface area (Å²) in [6, 6.07) is 17.3. The van der Waals surface area contributed by atoms with Crippen LogP contribution >= 0.6 is 0 Å². The Morgan fingerprint density at radius 2 is 1.69 bits per heavy atom. The van der Waals surface area contributed by atoms with Gasteiger partial charge in [0.2, 0.25) is 0 Å². The maximum Gasteiger partial charge on any atom is 0.330 e. The van der Waals surface area contributed by atoms with Crippen LogP contribution in [0.4, 0.5) is 16.2 Å². The number of benzene rings is 2. The summed E-state index contributed by atoms with van der Waals surface area (Å²) in [6.07, 6.45) is 6.66. The number of nitrogens with zero attached hydrogens (tertiary/aromatic N) is 6. The number of aliphatic imine (C=N–C) groups is 1. The van der Waals surface area contributed by atoms with Gasteiger partial charge in [-0.2, -0.15) is 5.26 Å². The van der Waals surface area contributed by atoms with Crippen molar-refractivity contribution in [1.82, 2.24) is 9.80 Å². The second-order valence-electron chi connectivity index (χ2n) is 9.35. The molecule has 5 rings (SSSR count). The van der Waals surface area contributed by atoms with Crippen molar-refractivity contribution in [3.8, 4) is 6.07 Å². The SMILES string of the molecule is N#CC1=C(/N=C/c2ccc([N+](=O)[O-])cc2)N(c2ccccc2)C(=O)N2CCCCC(N3CCCC3)C12. The van der Waals surface area contributed by atoms with Crippen LogP contribution in [0.25, 0.3) is 0 Å². The summed E-state index contributed by atoms with van der Waals surface area (Å²) in [7, 11) is 0. The molecule has 2 aromatic carbocycles. The molecule has 2 atom stereocenters. The Morgan fingerprint density at radius 1 is 1.00 bits per heavy atom. The molecule has 36 heavy (non-hydrogen) atoms. The lowest BCUT2D eigenvalue weighted by atomic mass is 9.93. The number of anilines is 1. The van der Waals surface area contributed by atoms with Gasteiger partial charge in [0.1, 0.15) is 6.07 Å². The van der Waals surface area contributed by atoms with Crippen LogP contribution in [0, 0.1) is 21.4 Å². The first kappa shape index (κ1) is 23.7. The number of likely N-dealkylation sites (tertiary alicyclic amines) is 1. The fraction of sp³-hybridized carbons (Fsp3) is 0.370. The molecule has 0 aromatic heterocycles. The lowest BCUT2D eigenvalue weighted by Gasteiger charge is -2.45. The number of nitriles is 1. The fourth-order valence-electron chi connectivity index (χ4n) is 5.50. The summed E-state index contributed by atoms with van der Waals surface area (Å²) in [5.74, 6) is 0.319. The summed E-state index contributed by atoms with van der Waals surface area (Å²) in [4.78, 5) is 35.1. The smallest absolute Gasteiger partial charge is 0.315 e. The van der Waals surface area contributed by atoms with E-state index in [4.69, 9.17) is 4.99 Å². The molecule has 0 bridgehead atoms. The number of hydrogen-bond donors (Lipinski definition) is 0. The summed E-state index contributed by atoms with van der Waals surface area (Å²) in [5, 5.41) is 21.5. The van der Waals surface area contributed by atoms with Crippen LogP contribution in [0.3, 0.4) is 0 Å². The minimum absolute atomic E-state index is 0.00890. The zero-order valence-corrected chi connectivity index (χ0v) is 20.0. The first-order valence-electron chi connectivity index (χ1n) is 12.4. The summed E-state index contributed by atoms with van der Waals surface area (Å²) < 4.78 is 0. The van der Waals surface area contributed by atoms with Crippen molar-refractivity contribution in [1.29, 1.82) is 5.26 Å². The van der Waals surface area contributed by atoms with Crippen LogP contribution in [0.5, 0.6) is 0 Å². The van der Waals surface area contributed by atoms with Crippen LogP contribution in [0.15, 0.2) is 71.0 Å². The second kappa shape index (κ2) is 10.3. The van der Waals surface area contributed by atoms with Gasteiger partial charge in [-0.25, -0.2) is 14.7 Å². The topological polar surface area (TPSA) is 106 Å². The van der Waals surface area contributed by atoms with Crippen molar-refractivity contribution in [2.24, 2.45) is 4.99 Å². The molecule has 2 aromatic rings. The predicted octanol–water partition coefficient (Wildman–Crippen LogP) is 4.71. The third kappa shape index (κ3) is 4.48. The van der Waals surface area contributed by atoms with Crippen molar-refractivity contribution in [3.05, 3.63) is 81.7 Å². The van der Waals surface area contributed by atoms with E-state index in [1.54, 1.807) is 18.3 Å². The van der Waals surface area contributed by atoms with Gasteiger partial charge in [0.05, 0.1) is 22.2 Å². The normalized spacial score (nSPS) is 23.0. The molecule has 3 aliphatic heterocycles. The Kier molecular flexibility index (Phi) is 6.78. The van der Waals surface area contributed by atoms with Crippen LogP contribution in [-0.4, -0.2) is 58.7 Å². The molecule has 0 saturated carbocycles. The van der Waals surface area contributed by atoms with E-state index >= 15 is 0 Å². The molecular weight excluding hydrogens is 456 g/mol. The minimum Gasteiger partial charge on any atom is -0.315 e. The first-order chi connectivity index (χ1) is 17.6. The number of carbonyl (C=O) groups excluding carboxylic acids is 1. The van der Waals surface area contributed by atoms with E-state index in [1.165, 1.54) is 17.0 Å². The van der Waals surface area contributed by atoms with E-state index in [0.29, 0.717) is 29.2 Å². The van der Waals surface area contributed by atoms with Crippen molar-refractivity contribution in [3.63, 3.8) is 0 Å². The number of hydrogen-bond acceptors (Lipinski definition) is 6. The van der Waals surface area contributed by atoms with E-state index in [1.807, 2.05) is 35.2 Å². The quantitative estimate of drug-likeness (QED) is 0.347. The van der Waals surface area contributed by atoms with Gasteiger partial charge in [-0.3, -0.25) is 15.0 Å². The molecule has 9 heteroatoms. The number of non-ortho nitro benzene ring substituents is 1. The highest BCUT2D eigenvalue weighted by molar-refractivity contribution is 5.98. The third-order valence-electron chi connectivity index (χ3n) is 7.22. The Labute approximate surface area is 210 Å². The van der Waals surface area contributed by atoms with E-state index in [2.05, 4.69) is 11.0 Å². The third-order valence-corrected chi connectivity index (χ3v) is 7.22. The van der Waals surface area contributed by atoms with E-state index < -0.39 is 4.92 Å². The minimum atomic E-state index is -0.451. The van der Waals surface area contributed by atoms with Crippen LogP contribution < -0.4 is 4.90 Å². The number of nitro groups is 1. The molecule has 0 radical (unpaired) electrons. The van der Waals surface area contributed by atoms with Gasteiger partial charge in [-0.15, -0.1) is 0 Å². The Bertz CT molecular complexity index is 1230. The van der Waals surface area contributed by atoms with E-state index in [0.717, 1.165) is 45.2 Å². The van der Waals surface area contributed by atoms with Gasteiger partial charge in [0.15, 0.2) is 5.82 Å². The maximum absolute atomic E-state index is 14.0. The van der Waals surface area contributed by atoms with Gasteiger partial charge in [-0.05, 0) is 68.6 Å². The number of nitro benzene ring substituents is 1. The molecule has 2 amide bonds. The Balaban J connectivity index is 1.63. The second-order valence-corrected chi connectivity index (χ2v) is 9.35. The molecule has 2 fully saturated rings. The zero-order valence-electron chi connectivity index (χ0n) is 20.0. The molecule has 2 unspecified atom stereocenters. The monoisotopic (exact) mass is 484 g/mol. The Morgan fingerprint density at radius 3 is 2.36 bits per heavy atom. The van der Waals surface area contributed by atoms with Crippen LogP contribution in [-0.2, 0) is 0 Å².